The highest BCUT2D eigenvalue weighted by atomic mass is 19.2. The Hall–Kier alpha value is -1.04. The molecule has 2 aliphatic heterocycles. The van der Waals surface area contributed by atoms with Crippen LogP contribution in [-0.2, 0) is 14.9 Å². The normalized spacial score (nSPS) is 27.9. The SMILES string of the molecule is Fc1ccc([C@@]2(CC3OCCO3)CCCNC2)cc1F. The first-order valence-electron chi connectivity index (χ1n) is 7.09. The van der Waals surface area contributed by atoms with Crippen LogP contribution in [0.3, 0.4) is 0 Å². The minimum absolute atomic E-state index is 0.247. The van der Waals surface area contributed by atoms with Crippen molar-refractivity contribution < 1.29 is 18.3 Å². The first-order chi connectivity index (χ1) is 9.70. The summed E-state index contributed by atoms with van der Waals surface area (Å²) in [4.78, 5) is 0. The maximum absolute atomic E-state index is 13.6. The number of benzene rings is 1. The highest BCUT2D eigenvalue weighted by Crippen LogP contribution is 2.37. The predicted molar refractivity (Wildman–Crippen MR) is 70.4 cm³/mol. The average molecular weight is 283 g/mol. The molecule has 2 heterocycles. The lowest BCUT2D eigenvalue weighted by Crippen LogP contribution is -2.45. The van der Waals surface area contributed by atoms with Gasteiger partial charge >= 0.3 is 0 Å². The van der Waals surface area contributed by atoms with E-state index in [2.05, 4.69) is 5.32 Å². The van der Waals surface area contributed by atoms with Gasteiger partial charge in [-0.15, -0.1) is 0 Å². The average Bonchev–Trinajstić information content (AvgIpc) is 2.95. The van der Waals surface area contributed by atoms with Crippen LogP contribution >= 0.6 is 0 Å². The Balaban J connectivity index is 1.89. The minimum atomic E-state index is -0.805. The Labute approximate surface area is 117 Å². The molecule has 0 radical (unpaired) electrons. The van der Waals surface area contributed by atoms with Crippen molar-refractivity contribution in [3.05, 3.63) is 35.4 Å². The van der Waals surface area contributed by atoms with Gasteiger partial charge in [0.1, 0.15) is 0 Å². The fraction of sp³-hybridized carbons (Fsp3) is 0.600. The lowest BCUT2D eigenvalue weighted by Gasteiger charge is -2.39. The van der Waals surface area contributed by atoms with Crippen LogP contribution in [0.2, 0.25) is 0 Å². The highest BCUT2D eigenvalue weighted by Gasteiger charge is 2.38. The molecule has 0 aliphatic carbocycles. The van der Waals surface area contributed by atoms with E-state index in [1.54, 1.807) is 6.07 Å². The van der Waals surface area contributed by atoms with Crippen molar-refractivity contribution in [2.75, 3.05) is 26.3 Å². The minimum Gasteiger partial charge on any atom is -0.350 e. The second-order valence-corrected chi connectivity index (χ2v) is 5.56. The lowest BCUT2D eigenvalue weighted by atomic mass is 9.72. The Morgan fingerprint density at radius 3 is 2.65 bits per heavy atom. The van der Waals surface area contributed by atoms with E-state index >= 15 is 0 Å². The third-order valence-electron chi connectivity index (χ3n) is 4.25. The van der Waals surface area contributed by atoms with Crippen molar-refractivity contribution in [2.45, 2.75) is 31.0 Å². The summed E-state index contributed by atoms with van der Waals surface area (Å²) in [5, 5.41) is 3.35. The van der Waals surface area contributed by atoms with Crippen molar-refractivity contribution in [1.29, 1.82) is 0 Å². The van der Waals surface area contributed by atoms with E-state index in [4.69, 9.17) is 9.47 Å². The van der Waals surface area contributed by atoms with Crippen LogP contribution in [0.1, 0.15) is 24.8 Å². The van der Waals surface area contributed by atoms with Crippen LogP contribution in [0, 0.1) is 11.6 Å². The summed E-state index contributed by atoms with van der Waals surface area (Å²) in [7, 11) is 0. The van der Waals surface area contributed by atoms with Crippen LogP contribution in [0.15, 0.2) is 18.2 Å². The van der Waals surface area contributed by atoms with E-state index in [1.807, 2.05) is 0 Å². The number of hydrogen-bond acceptors (Lipinski definition) is 3. The zero-order chi connectivity index (χ0) is 14.0. The Morgan fingerprint density at radius 2 is 2.00 bits per heavy atom. The standard InChI is InChI=1S/C15H19F2NO2/c16-12-3-2-11(8-13(12)17)15(4-1-5-18-10-15)9-14-19-6-7-20-14/h2-3,8,14,18H,1,4-7,9-10H2/t15-/m1/s1. The lowest BCUT2D eigenvalue weighted by molar-refractivity contribution is -0.0640. The summed E-state index contributed by atoms with van der Waals surface area (Å²) in [6.07, 6.45) is 2.36. The van der Waals surface area contributed by atoms with Crippen LogP contribution < -0.4 is 5.32 Å². The Bertz CT molecular complexity index is 469. The van der Waals surface area contributed by atoms with Crippen molar-refractivity contribution >= 4 is 0 Å². The predicted octanol–water partition coefficient (Wildman–Crippen LogP) is 2.35. The van der Waals surface area contributed by atoms with Gasteiger partial charge in [-0.2, -0.15) is 0 Å². The molecule has 3 rings (SSSR count). The van der Waals surface area contributed by atoms with Gasteiger partial charge in [0.25, 0.3) is 0 Å². The maximum Gasteiger partial charge on any atom is 0.159 e. The summed E-state index contributed by atoms with van der Waals surface area (Å²) in [5.41, 5.74) is 0.574. The zero-order valence-electron chi connectivity index (χ0n) is 11.3. The van der Waals surface area contributed by atoms with E-state index < -0.39 is 11.6 Å². The summed E-state index contributed by atoms with van der Waals surface area (Å²) < 4.78 is 37.8. The highest BCUT2D eigenvalue weighted by molar-refractivity contribution is 5.28. The number of hydrogen-bond donors (Lipinski definition) is 1. The van der Waals surface area contributed by atoms with E-state index in [0.29, 0.717) is 19.6 Å². The molecule has 110 valence electrons. The molecule has 1 N–H and O–H groups in total. The molecule has 0 spiro atoms. The second kappa shape index (κ2) is 5.76. The molecule has 0 amide bonds. The summed E-state index contributed by atoms with van der Waals surface area (Å²) in [5.74, 6) is -1.60. The van der Waals surface area contributed by atoms with Crippen molar-refractivity contribution in [3.8, 4) is 0 Å². The Morgan fingerprint density at radius 1 is 1.20 bits per heavy atom. The van der Waals surface area contributed by atoms with Gasteiger partial charge in [-0.1, -0.05) is 6.07 Å². The van der Waals surface area contributed by atoms with Gasteiger partial charge in [0, 0.05) is 18.4 Å². The zero-order valence-corrected chi connectivity index (χ0v) is 11.3. The van der Waals surface area contributed by atoms with Gasteiger partial charge in [-0.05, 0) is 37.1 Å². The number of rotatable bonds is 3. The fourth-order valence-electron chi connectivity index (χ4n) is 3.18. The van der Waals surface area contributed by atoms with Crippen molar-refractivity contribution in [2.24, 2.45) is 0 Å². The molecule has 2 saturated heterocycles. The first kappa shape index (κ1) is 13.9. The van der Waals surface area contributed by atoms with Gasteiger partial charge in [-0.3, -0.25) is 0 Å². The number of ether oxygens (including phenoxy) is 2. The van der Waals surface area contributed by atoms with Crippen LogP contribution in [-0.4, -0.2) is 32.6 Å². The summed E-state index contributed by atoms with van der Waals surface area (Å²) in [6.45, 7) is 2.90. The largest absolute Gasteiger partial charge is 0.350 e. The monoisotopic (exact) mass is 283 g/mol. The van der Waals surface area contributed by atoms with Crippen LogP contribution in [0.5, 0.6) is 0 Å². The quantitative estimate of drug-likeness (QED) is 0.923. The molecule has 5 heteroatoms. The van der Waals surface area contributed by atoms with Gasteiger partial charge in [-0.25, -0.2) is 8.78 Å². The fourth-order valence-corrected chi connectivity index (χ4v) is 3.18. The summed E-state index contributed by atoms with van der Waals surface area (Å²) >= 11 is 0. The van der Waals surface area contributed by atoms with Gasteiger partial charge in [0.2, 0.25) is 0 Å². The van der Waals surface area contributed by atoms with E-state index in [-0.39, 0.29) is 11.7 Å². The second-order valence-electron chi connectivity index (χ2n) is 5.56. The topological polar surface area (TPSA) is 30.5 Å². The van der Waals surface area contributed by atoms with E-state index in [9.17, 15) is 8.78 Å². The third-order valence-corrected chi connectivity index (χ3v) is 4.25. The molecule has 1 aromatic carbocycles. The van der Waals surface area contributed by atoms with Crippen molar-refractivity contribution in [3.63, 3.8) is 0 Å². The summed E-state index contributed by atoms with van der Waals surface area (Å²) in [6, 6.07) is 4.20. The van der Waals surface area contributed by atoms with Crippen LogP contribution in [0.25, 0.3) is 0 Å². The molecule has 2 aliphatic rings. The molecule has 2 fully saturated rings. The molecule has 3 nitrogen and oxygen atoms in total. The number of halogens is 2. The van der Waals surface area contributed by atoms with Gasteiger partial charge in [0.15, 0.2) is 17.9 Å². The molecule has 1 aromatic rings. The molecule has 0 unspecified atom stereocenters. The van der Waals surface area contributed by atoms with Crippen LogP contribution in [0.4, 0.5) is 8.78 Å². The molecule has 20 heavy (non-hydrogen) atoms. The third kappa shape index (κ3) is 2.71. The maximum atomic E-state index is 13.6. The van der Waals surface area contributed by atoms with Crippen molar-refractivity contribution in [1.82, 2.24) is 5.32 Å². The first-order valence-corrected chi connectivity index (χ1v) is 7.09. The number of nitrogens with one attached hydrogen (secondary N) is 1. The van der Waals surface area contributed by atoms with E-state index in [1.165, 1.54) is 12.1 Å². The van der Waals surface area contributed by atoms with Gasteiger partial charge in [0.05, 0.1) is 13.2 Å². The number of piperidine rings is 1. The molecular weight excluding hydrogens is 264 g/mol. The smallest absolute Gasteiger partial charge is 0.159 e. The molecular formula is C15H19F2NO2. The van der Waals surface area contributed by atoms with Gasteiger partial charge < -0.3 is 14.8 Å². The molecule has 1 atom stereocenters. The van der Waals surface area contributed by atoms with E-state index in [0.717, 1.165) is 31.5 Å². The molecule has 0 bridgehead atoms. The Kier molecular flexibility index (Phi) is 4.01. The molecule has 0 aromatic heterocycles. The molecule has 0 saturated carbocycles.